The minimum Gasteiger partial charge on any atom is -0.458 e. The average Bonchev–Trinajstić information content (AvgIpc) is 3.52. The van der Waals surface area contributed by atoms with Crippen LogP contribution in [0, 0.1) is 0 Å². The van der Waals surface area contributed by atoms with Gasteiger partial charge < -0.3 is 19.1 Å². The lowest BCUT2D eigenvalue weighted by atomic mass is 9.34. The first-order valence-corrected chi connectivity index (χ1v) is 17.6. The molecule has 0 unspecified atom stereocenters. The van der Waals surface area contributed by atoms with Crippen LogP contribution in [-0.2, 0) is 0 Å². The van der Waals surface area contributed by atoms with Crippen LogP contribution in [0.4, 0.5) is 11.4 Å². The van der Waals surface area contributed by atoms with Gasteiger partial charge in [-0.25, -0.2) is 0 Å². The molecule has 0 bridgehead atoms. The number of para-hydroxylation sites is 2. The quantitative estimate of drug-likeness (QED) is 0.177. The zero-order chi connectivity index (χ0) is 31.3. The summed E-state index contributed by atoms with van der Waals surface area (Å²) >= 11 is 1.87. The van der Waals surface area contributed by atoms with Gasteiger partial charge in [-0.3, -0.25) is 0 Å². The maximum absolute atomic E-state index is 6.75. The predicted octanol–water partition coefficient (Wildman–Crippen LogP) is 9.77. The molecule has 0 saturated heterocycles. The van der Waals surface area contributed by atoms with Crippen molar-refractivity contribution in [2.24, 2.45) is 0 Å². The summed E-state index contributed by atoms with van der Waals surface area (Å²) in [6, 6.07) is 43.4. The number of fused-ring (bicyclic) bond motifs is 8. The smallest absolute Gasteiger partial charge is 0.260 e. The monoisotopic (exact) mass is 637 g/mol. The van der Waals surface area contributed by atoms with E-state index in [1.165, 1.54) is 37.0 Å². The van der Waals surface area contributed by atoms with E-state index in [2.05, 4.69) is 114 Å². The molecular formula is C42H28BNO3S. The molecule has 6 aromatic carbocycles. The summed E-state index contributed by atoms with van der Waals surface area (Å²) < 4.78 is 22.4. The molecular weight excluding hydrogens is 609 g/mol. The van der Waals surface area contributed by atoms with Crippen LogP contribution in [0.15, 0.2) is 133 Å². The molecule has 0 amide bonds. The van der Waals surface area contributed by atoms with Gasteiger partial charge in [0.05, 0.1) is 11.4 Å². The molecule has 0 atom stereocenters. The molecule has 1 aromatic heterocycles. The Kier molecular flexibility index (Phi) is 5.55. The van der Waals surface area contributed by atoms with E-state index in [4.69, 9.17) is 14.2 Å². The molecule has 0 spiro atoms. The lowest BCUT2D eigenvalue weighted by Crippen LogP contribution is -2.57. The molecule has 228 valence electrons. The molecule has 0 radical (unpaired) electrons. The van der Waals surface area contributed by atoms with Gasteiger partial charge in [0.2, 0.25) is 0 Å². The Morgan fingerprint density at radius 2 is 1.38 bits per heavy atom. The normalized spacial score (nSPS) is 15.5. The fraction of sp³-hybridized carbons (Fsp3) is 0.0952. The van der Waals surface area contributed by atoms with Crippen LogP contribution in [0.25, 0.3) is 31.3 Å². The Labute approximate surface area is 282 Å². The summed E-state index contributed by atoms with van der Waals surface area (Å²) in [6.07, 6.45) is 4.28. The third-order valence-electron chi connectivity index (χ3n) is 10.4. The number of nitrogens with zero attached hydrogens (tertiary/aromatic N) is 1. The van der Waals surface area contributed by atoms with Gasteiger partial charge in [-0.05, 0) is 83.8 Å². The van der Waals surface area contributed by atoms with Crippen molar-refractivity contribution in [3.8, 4) is 39.9 Å². The number of benzene rings is 6. The van der Waals surface area contributed by atoms with Crippen LogP contribution < -0.4 is 35.5 Å². The molecule has 0 N–H and O–H groups in total. The van der Waals surface area contributed by atoms with Crippen LogP contribution in [0.5, 0.6) is 28.7 Å². The second kappa shape index (κ2) is 10.0. The van der Waals surface area contributed by atoms with Gasteiger partial charge in [-0.2, -0.15) is 0 Å². The predicted molar refractivity (Wildman–Crippen MR) is 197 cm³/mol. The first-order chi connectivity index (χ1) is 23.8. The number of anilines is 2. The van der Waals surface area contributed by atoms with E-state index in [0.717, 1.165) is 88.0 Å². The first-order valence-electron chi connectivity index (χ1n) is 16.7. The van der Waals surface area contributed by atoms with Gasteiger partial charge in [0.1, 0.15) is 28.8 Å². The van der Waals surface area contributed by atoms with Gasteiger partial charge in [0.25, 0.3) is 6.71 Å². The Balaban J connectivity index is 1.08. The van der Waals surface area contributed by atoms with E-state index < -0.39 is 0 Å². The van der Waals surface area contributed by atoms with E-state index in [1.807, 2.05) is 23.5 Å². The summed E-state index contributed by atoms with van der Waals surface area (Å²) in [5.74, 6) is 5.49. The molecule has 0 saturated carbocycles. The third-order valence-corrected chi connectivity index (χ3v) is 11.6. The summed E-state index contributed by atoms with van der Waals surface area (Å²) in [5, 5.41) is 2.62. The Hall–Kier alpha value is -5.46. The second-order valence-corrected chi connectivity index (χ2v) is 14.1. The molecule has 4 heterocycles. The zero-order valence-corrected chi connectivity index (χ0v) is 26.8. The van der Waals surface area contributed by atoms with E-state index in [-0.39, 0.29) is 6.71 Å². The number of ether oxygens (including phenoxy) is 3. The maximum Gasteiger partial charge on any atom is 0.260 e. The fourth-order valence-corrected chi connectivity index (χ4v) is 9.45. The first kappa shape index (κ1) is 26.6. The largest absolute Gasteiger partial charge is 0.458 e. The third kappa shape index (κ3) is 3.78. The standard InChI is InChI=1S/C42H28BNO3S/c1-6-18-40-28(9-1)29-11-7-10-27(42(29)48-40)25-19-22-34-31(23-25)43-30-21-20-26(24-39(30)47-38-17-8-16-37(45-34)41(38)43)44-32-12-2-4-14-35(32)46-36-15-5-3-13-33(36)44/h1-2,4,6-12,14,16-24H,3,5,13,15H2. The molecule has 4 aliphatic rings. The van der Waals surface area contributed by atoms with Crippen molar-refractivity contribution in [1.29, 1.82) is 0 Å². The summed E-state index contributed by atoms with van der Waals surface area (Å²) in [6.45, 7) is -0.0132. The van der Waals surface area contributed by atoms with Crippen LogP contribution >= 0.6 is 11.3 Å². The summed E-state index contributed by atoms with van der Waals surface area (Å²) in [5.41, 5.74) is 9.29. The highest BCUT2D eigenvalue weighted by Crippen LogP contribution is 2.47. The molecule has 6 heteroatoms. The van der Waals surface area contributed by atoms with Crippen LogP contribution in [0.1, 0.15) is 25.7 Å². The van der Waals surface area contributed by atoms with Crippen molar-refractivity contribution in [2.75, 3.05) is 4.90 Å². The van der Waals surface area contributed by atoms with E-state index in [1.54, 1.807) is 0 Å². The van der Waals surface area contributed by atoms with Gasteiger partial charge in [-0.15, -0.1) is 11.3 Å². The minimum absolute atomic E-state index is 0.0132. The highest BCUT2D eigenvalue weighted by Gasteiger charge is 2.41. The number of rotatable bonds is 2. The van der Waals surface area contributed by atoms with Crippen molar-refractivity contribution in [3.63, 3.8) is 0 Å². The average molecular weight is 638 g/mol. The van der Waals surface area contributed by atoms with Gasteiger partial charge in [-0.1, -0.05) is 72.8 Å². The Bertz CT molecular complexity index is 2530. The molecule has 11 rings (SSSR count). The van der Waals surface area contributed by atoms with Crippen LogP contribution in [-0.4, -0.2) is 6.71 Å². The molecule has 4 nitrogen and oxygen atoms in total. The lowest BCUT2D eigenvalue weighted by Gasteiger charge is -2.38. The Morgan fingerprint density at radius 3 is 2.33 bits per heavy atom. The molecule has 0 fully saturated rings. The lowest BCUT2D eigenvalue weighted by molar-refractivity contribution is 0.363. The van der Waals surface area contributed by atoms with E-state index in [0.29, 0.717) is 0 Å². The zero-order valence-electron chi connectivity index (χ0n) is 26.0. The van der Waals surface area contributed by atoms with Gasteiger partial charge >= 0.3 is 0 Å². The van der Waals surface area contributed by atoms with Crippen molar-refractivity contribution < 1.29 is 14.2 Å². The van der Waals surface area contributed by atoms with Crippen LogP contribution in [0.3, 0.4) is 0 Å². The number of hydrogen-bond acceptors (Lipinski definition) is 5. The van der Waals surface area contributed by atoms with Crippen molar-refractivity contribution in [3.05, 3.63) is 133 Å². The summed E-state index contributed by atoms with van der Waals surface area (Å²) in [7, 11) is 0. The molecule has 7 aromatic rings. The molecule has 1 aliphatic carbocycles. The number of allylic oxidation sites excluding steroid dienone is 2. The van der Waals surface area contributed by atoms with Crippen molar-refractivity contribution in [2.45, 2.75) is 25.7 Å². The van der Waals surface area contributed by atoms with Crippen molar-refractivity contribution >= 4 is 66.0 Å². The summed E-state index contributed by atoms with van der Waals surface area (Å²) in [4.78, 5) is 2.39. The minimum atomic E-state index is -0.0132. The number of hydrogen-bond donors (Lipinski definition) is 0. The fourth-order valence-electron chi connectivity index (χ4n) is 8.21. The molecule has 48 heavy (non-hydrogen) atoms. The highest BCUT2D eigenvalue weighted by atomic mass is 32.1. The topological polar surface area (TPSA) is 30.9 Å². The van der Waals surface area contributed by atoms with Gasteiger partial charge in [0.15, 0.2) is 5.75 Å². The van der Waals surface area contributed by atoms with E-state index in [9.17, 15) is 0 Å². The van der Waals surface area contributed by atoms with E-state index >= 15 is 0 Å². The second-order valence-electron chi connectivity index (χ2n) is 13.0. The van der Waals surface area contributed by atoms with Crippen molar-refractivity contribution in [1.82, 2.24) is 0 Å². The SMILES string of the molecule is c1ccc2c(c1)OC1=C(CCCC1)N2c1ccc2c(c1)Oc1cccc3c1B2c1cc(-c2cccc4c2sc2ccccc24)ccc1O3. The Morgan fingerprint density at radius 1 is 0.583 bits per heavy atom. The highest BCUT2D eigenvalue weighted by molar-refractivity contribution is 7.26. The number of thiophene rings is 1. The van der Waals surface area contributed by atoms with Gasteiger partial charge in [0, 0.05) is 43.8 Å². The molecule has 3 aliphatic heterocycles. The maximum atomic E-state index is 6.75. The van der Waals surface area contributed by atoms with Crippen LogP contribution in [0.2, 0.25) is 0 Å².